The lowest BCUT2D eigenvalue weighted by Gasteiger charge is -2.20. The van der Waals surface area contributed by atoms with Crippen molar-refractivity contribution in [3.05, 3.63) is 0 Å². The van der Waals surface area contributed by atoms with Gasteiger partial charge in [-0.15, -0.1) is 0 Å². The van der Waals surface area contributed by atoms with E-state index in [1.54, 1.807) is 0 Å². The maximum Gasteiger partial charge on any atom is 0.279 e. The molecule has 0 saturated heterocycles. The fourth-order valence-electron chi connectivity index (χ4n) is 0.898. The molecule has 0 aliphatic heterocycles. The molecule has 0 radical (unpaired) electrons. The molecule has 6 nitrogen and oxygen atoms in total. The molecule has 0 aromatic rings. The van der Waals surface area contributed by atoms with Crippen molar-refractivity contribution in [2.45, 2.75) is 13.3 Å². The lowest BCUT2D eigenvalue weighted by molar-refractivity contribution is 0.216. The second kappa shape index (κ2) is 7.13. The molecule has 14 heavy (non-hydrogen) atoms. The van der Waals surface area contributed by atoms with Gasteiger partial charge in [0.1, 0.15) is 0 Å². The van der Waals surface area contributed by atoms with E-state index in [0.29, 0.717) is 13.0 Å². The maximum atomic E-state index is 11.5. The van der Waals surface area contributed by atoms with Gasteiger partial charge < -0.3 is 10.2 Å². The first-order chi connectivity index (χ1) is 6.58. The Kier molecular flexibility index (Phi) is 7.02. The summed E-state index contributed by atoms with van der Waals surface area (Å²) in [5, 5.41) is 17.3. The van der Waals surface area contributed by atoms with E-state index < -0.39 is 10.2 Å². The highest BCUT2D eigenvalue weighted by Crippen LogP contribution is 1.96. The lowest BCUT2D eigenvalue weighted by atomic mass is 10.5. The van der Waals surface area contributed by atoms with Crippen LogP contribution >= 0.6 is 0 Å². The van der Waals surface area contributed by atoms with E-state index >= 15 is 0 Å². The van der Waals surface area contributed by atoms with Crippen LogP contribution in [0.4, 0.5) is 0 Å². The van der Waals surface area contributed by atoms with Crippen LogP contribution in [0.5, 0.6) is 0 Å². The molecule has 3 N–H and O–H groups in total. The van der Waals surface area contributed by atoms with Crippen LogP contribution in [-0.2, 0) is 10.2 Å². The molecular formula is C7H18N2O4S. The molecule has 7 heteroatoms. The van der Waals surface area contributed by atoms with Crippen LogP contribution in [0.3, 0.4) is 0 Å². The van der Waals surface area contributed by atoms with Crippen molar-refractivity contribution in [1.82, 2.24) is 9.03 Å². The zero-order valence-electron chi connectivity index (χ0n) is 8.31. The molecule has 0 aliphatic carbocycles. The van der Waals surface area contributed by atoms with Gasteiger partial charge in [0.25, 0.3) is 10.2 Å². The van der Waals surface area contributed by atoms with Gasteiger partial charge in [0.05, 0.1) is 13.2 Å². The molecule has 0 aromatic heterocycles. The zero-order valence-corrected chi connectivity index (χ0v) is 9.13. The molecule has 0 aromatic carbocycles. The first kappa shape index (κ1) is 13.8. The standard InChI is InChI=1S/C7H18N2O4S/c1-2-3-8-14(12,13)9(4-6-10)5-7-11/h8,10-11H,2-7H2,1H3. The summed E-state index contributed by atoms with van der Waals surface area (Å²) in [6.07, 6.45) is 0.700. The largest absolute Gasteiger partial charge is 0.395 e. The van der Waals surface area contributed by atoms with Crippen LogP contribution in [0.25, 0.3) is 0 Å². The van der Waals surface area contributed by atoms with Crippen molar-refractivity contribution in [1.29, 1.82) is 0 Å². The molecule has 86 valence electrons. The average molecular weight is 226 g/mol. The first-order valence-corrected chi connectivity index (χ1v) is 5.99. The lowest BCUT2D eigenvalue weighted by Crippen LogP contribution is -2.43. The van der Waals surface area contributed by atoms with Gasteiger partial charge in [0, 0.05) is 19.6 Å². The molecule has 0 saturated carbocycles. The van der Waals surface area contributed by atoms with Crippen molar-refractivity contribution in [2.24, 2.45) is 0 Å². The molecule has 0 unspecified atom stereocenters. The highest BCUT2D eigenvalue weighted by molar-refractivity contribution is 7.87. The van der Waals surface area contributed by atoms with Crippen molar-refractivity contribution in [2.75, 3.05) is 32.8 Å². The molecule has 0 aliphatic rings. The smallest absolute Gasteiger partial charge is 0.279 e. The number of hydrogen-bond acceptors (Lipinski definition) is 4. The summed E-state index contributed by atoms with van der Waals surface area (Å²) in [7, 11) is -3.55. The van der Waals surface area contributed by atoms with Crippen LogP contribution in [-0.4, -0.2) is 55.8 Å². The van der Waals surface area contributed by atoms with Gasteiger partial charge >= 0.3 is 0 Å². The van der Waals surface area contributed by atoms with E-state index in [1.807, 2.05) is 6.92 Å². The SMILES string of the molecule is CCCNS(=O)(=O)N(CCO)CCO. The molecule has 0 heterocycles. The summed E-state index contributed by atoms with van der Waals surface area (Å²) < 4.78 is 26.3. The minimum Gasteiger partial charge on any atom is -0.395 e. The van der Waals surface area contributed by atoms with E-state index in [4.69, 9.17) is 10.2 Å². The quantitative estimate of drug-likeness (QED) is 0.471. The van der Waals surface area contributed by atoms with Gasteiger partial charge in [-0.2, -0.15) is 12.7 Å². The predicted octanol–water partition coefficient (Wildman–Crippen LogP) is -1.48. The van der Waals surface area contributed by atoms with Crippen LogP contribution < -0.4 is 4.72 Å². The summed E-state index contributed by atoms with van der Waals surface area (Å²) in [5.41, 5.74) is 0. The van der Waals surface area contributed by atoms with E-state index in [1.165, 1.54) is 0 Å². The Hall–Kier alpha value is -0.210. The summed E-state index contributed by atoms with van der Waals surface area (Å²) in [4.78, 5) is 0. The summed E-state index contributed by atoms with van der Waals surface area (Å²) >= 11 is 0. The Labute approximate surface area is 84.7 Å². The Morgan fingerprint density at radius 3 is 2.07 bits per heavy atom. The third kappa shape index (κ3) is 4.87. The third-order valence-electron chi connectivity index (χ3n) is 1.57. The van der Waals surface area contributed by atoms with Gasteiger partial charge in [-0.25, -0.2) is 4.72 Å². The number of nitrogens with zero attached hydrogens (tertiary/aromatic N) is 1. The number of aliphatic hydroxyl groups excluding tert-OH is 2. The monoisotopic (exact) mass is 226 g/mol. The van der Waals surface area contributed by atoms with Crippen molar-refractivity contribution >= 4 is 10.2 Å². The fraction of sp³-hybridized carbons (Fsp3) is 1.00. The molecule has 0 spiro atoms. The van der Waals surface area contributed by atoms with E-state index in [9.17, 15) is 8.42 Å². The number of hydrogen-bond donors (Lipinski definition) is 3. The van der Waals surface area contributed by atoms with Gasteiger partial charge in [0.15, 0.2) is 0 Å². The first-order valence-electron chi connectivity index (χ1n) is 4.55. The Balaban J connectivity index is 4.29. The minimum atomic E-state index is -3.55. The van der Waals surface area contributed by atoms with Crippen LogP contribution in [0.15, 0.2) is 0 Å². The Morgan fingerprint density at radius 2 is 1.71 bits per heavy atom. The van der Waals surface area contributed by atoms with E-state index in [-0.39, 0.29) is 26.3 Å². The predicted molar refractivity (Wildman–Crippen MR) is 53.0 cm³/mol. The Bertz CT molecular complexity index is 224. The number of aliphatic hydroxyl groups is 2. The third-order valence-corrected chi connectivity index (χ3v) is 3.19. The second-order valence-corrected chi connectivity index (χ2v) is 4.50. The van der Waals surface area contributed by atoms with Gasteiger partial charge in [-0.3, -0.25) is 0 Å². The maximum absolute atomic E-state index is 11.5. The minimum absolute atomic E-state index is 0.000389. The van der Waals surface area contributed by atoms with Gasteiger partial charge in [-0.1, -0.05) is 6.92 Å². The molecule has 0 amide bonds. The average Bonchev–Trinajstić information content (AvgIpc) is 2.14. The molecular weight excluding hydrogens is 208 g/mol. The fourth-order valence-corrected chi connectivity index (χ4v) is 2.19. The zero-order chi connectivity index (χ0) is 11.0. The summed E-state index contributed by atoms with van der Waals surface area (Å²) in [5.74, 6) is 0. The van der Waals surface area contributed by atoms with E-state index in [0.717, 1.165) is 4.31 Å². The normalized spacial score (nSPS) is 12.3. The van der Waals surface area contributed by atoms with Crippen molar-refractivity contribution in [3.63, 3.8) is 0 Å². The van der Waals surface area contributed by atoms with Crippen LogP contribution in [0.1, 0.15) is 13.3 Å². The van der Waals surface area contributed by atoms with Crippen LogP contribution in [0.2, 0.25) is 0 Å². The van der Waals surface area contributed by atoms with Gasteiger partial charge in [-0.05, 0) is 6.42 Å². The number of nitrogens with one attached hydrogen (secondary N) is 1. The number of rotatable bonds is 8. The van der Waals surface area contributed by atoms with Crippen molar-refractivity contribution in [3.8, 4) is 0 Å². The highest BCUT2D eigenvalue weighted by atomic mass is 32.2. The Morgan fingerprint density at radius 1 is 1.21 bits per heavy atom. The molecule has 0 atom stereocenters. The summed E-state index contributed by atoms with van der Waals surface area (Å²) in [6, 6.07) is 0. The molecule has 0 rings (SSSR count). The highest BCUT2D eigenvalue weighted by Gasteiger charge is 2.19. The second-order valence-electron chi connectivity index (χ2n) is 2.75. The van der Waals surface area contributed by atoms with Crippen LogP contribution in [0, 0.1) is 0 Å². The summed E-state index contributed by atoms with van der Waals surface area (Å²) in [6.45, 7) is 1.69. The van der Waals surface area contributed by atoms with E-state index in [2.05, 4.69) is 4.72 Å². The topological polar surface area (TPSA) is 89.9 Å². The van der Waals surface area contributed by atoms with Crippen molar-refractivity contribution < 1.29 is 18.6 Å². The molecule has 0 bridgehead atoms. The van der Waals surface area contributed by atoms with Gasteiger partial charge in [0.2, 0.25) is 0 Å². The molecule has 0 fully saturated rings.